The van der Waals surface area contributed by atoms with Crippen LogP contribution in [0.1, 0.15) is 105 Å². The topological polar surface area (TPSA) is 0 Å². The Hall–Kier alpha value is -9.10. The van der Waals surface area contributed by atoms with Gasteiger partial charge in [-0.25, -0.2) is 0 Å². The molecule has 0 bridgehead atoms. The monoisotopic (exact) mass is 1110 g/mol. The summed E-state index contributed by atoms with van der Waals surface area (Å²) in [7, 11) is 0. The van der Waals surface area contributed by atoms with Crippen molar-refractivity contribution in [3.05, 3.63) is 295 Å². The highest BCUT2D eigenvalue weighted by atomic mass is 14.3. The van der Waals surface area contributed by atoms with Crippen LogP contribution in [0, 0.1) is 41.7 Å². The molecule has 0 unspecified atom stereocenters. The zero-order valence-electron chi connectivity index (χ0n) is 51.9. The van der Waals surface area contributed by atoms with Crippen LogP contribution < -0.4 is 0 Å². The molecule has 0 saturated carbocycles. The Morgan fingerprint density at radius 1 is 0.198 bits per heavy atom. The van der Waals surface area contributed by atoms with Gasteiger partial charge in [0.2, 0.25) is 0 Å². The quantitative estimate of drug-likeness (QED) is 0.146. The molecule has 0 saturated heterocycles. The molecule has 0 amide bonds. The molecule has 15 rings (SSSR count). The molecule has 0 fully saturated rings. The molecule has 2 aliphatic carbocycles. The van der Waals surface area contributed by atoms with Gasteiger partial charge in [-0.3, -0.25) is 0 Å². The van der Waals surface area contributed by atoms with E-state index in [1.807, 2.05) is 0 Å². The van der Waals surface area contributed by atoms with Gasteiger partial charge in [-0.1, -0.05) is 289 Å². The van der Waals surface area contributed by atoms with Crippen molar-refractivity contribution >= 4 is 43.1 Å². The van der Waals surface area contributed by atoms with E-state index in [1.165, 1.54) is 174 Å². The zero-order chi connectivity index (χ0) is 59.3. The van der Waals surface area contributed by atoms with Crippen LogP contribution in [-0.2, 0) is 21.7 Å². The first-order chi connectivity index (χ1) is 41.2. The maximum atomic E-state index is 2.53. The molecule has 0 aromatic heterocycles. The number of hydrogen-bond acceptors (Lipinski definition) is 0. The number of hydrogen-bond donors (Lipinski definition) is 0. The van der Waals surface area contributed by atoms with Gasteiger partial charge in [-0.15, -0.1) is 0 Å². The van der Waals surface area contributed by atoms with E-state index >= 15 is 0 Å². The standard InChI is InChI=1S/C86H74/c1-83(2,3)61-43-59(44-62(49-61)84(4,5)6)75-65-35-21-22-36-66(65)76(60-45-63(85(7,8)9)50-64(46-60)86(10,11)12)82-70-40-38-68-77-67(37-39-69(78(70)77)81(75)82)79-73(57-33-23-31-53(41-57)51-25-15-13-16-26-51)71-47-55-29-19-20-30-56(55)48-72(71)74(80(68)79)58-34-24-32-54(42-58)52-27-17-14-18-28-52/h13-50H,1-12H3. The smallest absolute Gasteiger partial charge is 0.000740 e. The minimum Gasteiger partial charge on any atom is -0.0622 e. The summed E-state index contributed by atoms with van der Waals surface area (Å²) < 4.78 is 0. The molecule has 418 valence electrons. The van der Waals surface area contributed by atoms with Gasteiger partial charge in [0.05, 0.1) is 0 Å². The van der Waals surface area contributed by atoms with Crippen molar-refractivity contribution < 1.29 is 0 Å². The molecule has 0 radical (unpaired) electrons. The average molecular weight is 1110 g/mol. The number of fused-ring (bicyclic) bond motifs is 5. The van der Waals surface area contributed by atoms with Crippen molar-refractivity contribution in [3.63, 3.8) is 0 Å². The summed E-state index contributed by atoms with van der Waals surface area (Å²) >= 11 is 0. The largest absolute Gasteiger partial charge is 0.0622 e. The Labute approximate surface area is 506 Å². The Bertz CT molecular complexity index is 5060. The molecule has 0 heteroatoms. The van der Waals surface area contributed by atoms with Crippen LogP contribution in [0.3, 0.4) is 0 Å². The van der Waals surface area contributed by atoms with E-state index < -0.39 is 0 Å². The SMILES string of the molecule is CC(C)(C)c1cc(-c2c3c(c(-c4cc(C(C)(C)C)cc(C(C)(C)C)c4)c4ccccc24)=c2ccc4c5c(ccc=3c25)=c2c(-c3cccc(-c5ccccc5)c3)c3cc5ccccc5cc3c(-c3cccc(-c5ccccc5)c3)c2=4)cc(C(C)(C)C)c1. The van der Waals surface area contributed by atoms with E-state index in [-0.39, 0.29) is 21.7 Å². The van der Waals surface area contributed by atoms with Gasteiger partial charge < -0.3 is 0 Å². The van der Waals surface area contributed by atoms with E-state index in [2.05, 4.69) is 314 Å². The molecule has 0 N–H and O–H groups in total. The van der Waals surface area contributed by atoms with Crippen LogP contribution in [0.4, 0.5) is 0 Å². The van der Waals surface area contributed by atoms with Crippen LogP contribution in [-0.4, -0.2) is 0 Å². The van der Waals surface area contributed by atoms with Crippen LogP contribution in [0.2, 0.25) is 0 Å². The maximum absolute atomic E-state index is 2.53. The van der Waals surface area contributed by atoms with Gasteiger partial charge in [-0.2, -0.15) is 0 Å². The second kappa shape index (κ2) is 19.2. The first kappa shape index (κ1) is 53.6. The molecule has 2 aliphatic rings. The lowest BCUT2D eigenvalue weighted by molar-refractivity contribution is 0.568. The Balaban J connectivity index is 1.22. The average Bonchev–Trinajstić information content (AvgIpc) is 1.50. The van der Waals surface area contributed by atoms with E-state index in [0.717, 1.165) is 0 Å². The summed E-state index contributed by atoms with van der Waals surface area (Å²) in [5.74, 6) is 0. The minimum absolute atomic E-state index is 0.0744. The lowest BCUT2D eigenvalue weighted by Gasteiger charge is -2.28. The molecule has 0 nitrogen and oxygen atoms in total. The third kappa shape index (κ3) is 8.54. The van der Waals surface area contributed by atoms with Gasteiger partial charge in [0.25, 0.3) is 0 Å². The lowest BCUT2D eigenvalue weighted by Crippen LogP contribution is -2.17. The fourth-order valence-corrected chi connectivity index (χ4v) is 14.5. The van der Waals surface area contributed by atoms with Gasteiger partial charge in [0.1, 0.15) is 0 Å². The van der Waals surface area contributed by atoms with Gasteiger partial charge in [-0.05, 0) is 220 Å². The Morgan fingerprint density at radius 2 is 0.477 bits per heavy atom. The van der Waals surface area contributed by atoms with E-state index in [9.17, 15) is 0 Å². The van der Waals surface area contributed by atoms with Crippen LogP contribution in [0.5, 0.6) is 0 Å². The summed E-state index contributed by atoms with van der Waals surface area (Å²) in [6, 6.07) is 89.0. The van der Waals surface area contributed by atoms with Crippen LogP contribution >= 0.6 is 0 Å². The van der Waals surface area contributed by atoms with Gasteiger partial charge in [0, 0.05) is 0 Å². The van der Waals surface area contributed by atoms with Gasteiger partial charge in [0.15, 0.2) is 0 Å². The predicted molar refractivity (Wildman–Crippen MR) is 367 cm³/mol. The molecule has 0 spiro atoms. The maximum Gasteiger partial charge on any atom is -0.000740 e. The van der Waals surface area contributed by atoms with E-state index in [0.29, 0.717) is 0 Å². The Kier molecular flexibility index (Phi) is 12.0. The van der Waals surface area contributed by atoms with Crippen LogP contribution in [0.25, 0.3) is 110 Å². The van der Waals surface area contributed by atoms with Crippen molar-refractivity contribution in [2.45, 2.75) is 105 Å². The number of rotatable bonds is 6. The second-order valence-corrected chi connectivity index (χ2v) is 28.9. The third-order valence-corrected chi connectivity index (χ3v) is 19.1. The van der Waals surface area contributed by atoms with Crippen molar-refractivity contribution in [2.24, 2.45) is 0 Å². The third-order valence-electron chi connectivity index (χ3n) is 19.1. The summed E-state index contributed by atoms with van der Waals surface area (Å²) in [5.41, 5.74) is 20.1. The first-order valence-electron chi connectivity index (χ1n) is 31.1. The Morgan fingerprint density at radius 3 is 0.802 bits per heavy atom. The van der Waals surface area contributed by atoms with Crippen molar-refractivity contribution in [1.82, 2.24) is 0 Å². The van der Waals surface area contributed by atoms with Crippen LogP contribution in [0.15, 0.2) is 231 Å². The summed E-state index contributed by atoms with van der Waals surface area (Å²) in [5, 5.41) is 20.7. The van der Waals surface area contributed by atoms with E-state index in [4.69, 9.17) is 0 Å². The number of benzene rings is 13. The molecule has 0 heterocycles. The second-order valence-electron chi connectivity index (χ2n) is 28.9. The highest BCUT2D eigenvalue weighted by molar-refractivity contribution is 6.13. The molecule has 86 heavy (non-hydrogen) atoms. The normalized spacial score (nSPS) is 12.9. The minimum atomic E-state index is -0.0744. The molecular formula is C86H74. The molecule has 0 aliphatic heterocycles. The highest BCUT2D eigenvalue weighted by Gasteiger charge is 2.29. The predicted octanol–water partition coefficient (Wildman–Crippen LogP) is 23.3. The summed E-state index contributed by atoms with van der Waals surface area (Å²) in [6.45, 7) is 28.5. The fourth-order valence-electron chi connectivity index (χ4n) is 14.5. The first-order valence-corrected chi connectivity index (χ1v) is 31.1. The molecular weight excluding hydrogens is 1030 g/mol. The van der Waals surface area contributed by atoms with Crippen molar-refractivity contribution in [3.8, 4) is 66.8 Å². The highest BCUT2D eigenvalue weighted by Crippen LogP contribution is 2.49. The van der Waals surface area contributed by atoms with E-state index in [1.54, 1.807) is 0 Å². The van der Waals surface area contributed by atoms with Crippen molar-refractivity contribution in [2.75, 3.05) is 0 Å². The van der Waals surface area contributed by atoms with Gasteiger partial charge >= 0.3 is 0 Å². The zero-order valence-corrected chi connectivity index (χ0v) is 51.9. The fraction of sp³-hybridized carbons (Fsp3) is 0.186. The van der Waals surface area contributed by atoms with Crippen molar-refractivity contribution in [1.29, 1.82) is 0 Å². The summed E-state index contributed by atoms with van der Waals surface area (Å²) in [4.78, 5) is 0. The molecule has 0 atom stereocenters. The molecule has 13 aromatic carbocycles. The lowest BCUT2D eigenvalue weighted by atomic mass is 9.77. The molecule has 13 aromatic rings. The summed E-state index contributed by atoms with van der Waals surface area (Å²) in [6.07, 6.45) is 0.